The first-order valence-electron chi connectivity index (χ1n) is 17.8. The van der Waals surface area contributed by atoms with Crippen molar-refractivity contribution in [2.45, 2.75) is 0 Å². The molecule has 3 aromatic heterocycles. The summed E-state index contributed by atoms with van der Waals surface area (Å²) in [4.78, 5) is 15.5. The van der Waals surface area contributed by atoms with Gasteiger partial charge in [0.25, 0.3) is 0 Å². The highest BCUT2D eigenvalue weighted by atomic mass is 16.3. The molecular weight excluding hydrogens is 647 g/mol. The molecule has 0 aliphatic heterocycles. The van der Waals surface area contributed by atoms with Gasteiger partial charge in [-0.2, -0.15) is 0 Å². The summed E-state index contributed by atoms with van der Waals surface area (Å²) in [5.41, 5.74) is 13.8. The first-order valence-corrected chi connectivity index (χ1v) is 17.8. The van der Waals surface area contributed by atoms with Gasteiger partial charge in [0.2, 0.25) is 0 Å². The Morgan fingerprint density at radius 3 is 1.53 bits per heavy atom. The van der Waals surface area contributed by atoms with Gasteiger partial charge in [-0.15, -0.1) is 0 Å². The number of benzene rings is 7. The first kappa shape index (κ1) is 30.6. The van der Waals surface area contributed by atoms with Crippen LogP contribution in [0.5, 0.6) is 0 Å². The molecule has 0 saturated carbocycles. The minimum absolute atomic E-state index is 0.691. The SMILES string of the molecule is c1ccc(-c2ccc(-c3cc(-c4ccc(-c5cccc6c5nc(-c5ccccc5)c5c7ccccc7oc65)cc4)nc(-c4ccccc4)n3)cc2)cc1. The molecule has 10 aromatic rings. The maximum atomic E-state index is 6.57. The second-order valence-corrected chi connectivity index (χ2v) is 13.2. The van der Waals surface area contributed by atoms with Crippen molar-refractivity contribution in [1.82, 2.24) is 15.0 Å². The van der Waals surface area contributed by atoms with Crippen molar-refractivity contribution in [2.75, 3.05) is 0 Å². The first-order chi connectivity index (χ1) is 26.3. The lowest BCUT2D eigenvalue weighted by atomic mass is 9.97. The standard InChI is InChI=1S/C49H31N3O/c1-4-13-32(14-5-1)33-23-27-35(28-24-33)42-31-43(51-49(50-42)38-17-8-3-9-18-38)36-29-25-34(26-30-36)39-20-12-21-41-47(39)52-46(37-15-6-2-7-16-37)45-40-19-10-11-22-44(40)53-48(41)45/h1-31H. The van der Waals surface area contributed by atoms with E-state index in [9.17, 15) is 0 Å². The van der Waals surface area contributed by atoms with E-state index in [1.165, 1.54) is 11.1 Å². The average Bonchev–Trinajstić information content (AvgIpc) is 3.64. The van der Waals surface area contributed by atoms with Gasteiger partial charge in [-0.1, -0.05) is 170 Å². The van der Waals surface area contributed by atoms with Crippen LogP contribution >= 0.6 is 0 Å². The van der Waals surface area contributed by atoms with Gasteiger partial charge >= 0.3 is 0 Å². The van der Waals surface area contributed by atoms with Crippen LogP contribution in [0, 0.1) is 0 Å². The van der Waals surface area contributed by atoms with Gasteiger partial charge in [0, 0.05) is 38.6 Å². The Hall–Kier alpha value is -7.17. The molecule has 0 saturated heterocycles. The number of pyridine rings is 1. The van der Waals surface area contributed by atoms with Crippen molar-refractivity contribution in [2.24, 2.45) is 0 Å². The van der Waals surface area contributed by atoms with Crippen LogP contribution in [0.25, 0.3) is 100 Å². The van der Waals surface area contributed by atoms with E-state index in [1.807, 2.05) is 42.5 Å². The van der Waals surface area contributed by atoms with E-state index < -0.39 is 0 Å². The summed E-state index contributed by atoms with van der Waals surface area (Å²) in [6.45, 7) is 0. The Morgan fingerprint density at radius 1 is 0.358 bits per heavy atom. The van der Waals surface area contributed by atoms with Crippen LogP contribution in [-0.4, -0.2) is 15.0 Å². The molecule has 0 N–H and O–H groups in total. The number of hydrogen-bond acceptors (Lipinski definition) is 4. The van der Waals surface area contributed by atoms with Gasteiger partial charge in [-0.3, -0.25) is 0 Å². The largest absolute Gasteiger partial charge is 0.455 e. The molecule has 0 amide bonds. The quantitative estimate of drug-likeness (QED) is 0.176. The second-order valence-electron chi connectivity index (χ2n) is 13.2. The summed E-state index contributed by atoms with van der Waals surface area (Å²) in [5, 5.41) is 3.09. The molecule has 7 aromatic carbocycles. The van der Waals surface area contributed by atoms with Crippen LogP contribution in [-0.2, 0) is 0 Å². The van der Waals surface area contributed by atoms with E-state index in [4.69, 9.17) is 19.4 Å². The van der Waals surface area contributed by atoms with E-state index in [0.29, 0.717) is 5.82 Å². The summed E-state index contributed by atoms with van der Waals surface area (Å²) in [6, 6.07) is 64.8. The van der Waals surface area contributed by atoms with Crippen molar-refractivity contribution in [1.29, 1.82) is 0 Å². The zero-order chi connectivity index (χ0) is 35.1. The van der Waals surface area contributed by atoms with E-state index in [-0.39, 0.29) is 0 Å². The Balaban J connectivity index is 1.08. The maximum absolute atomic E-state index is 6.57. The van der Waals surface area contributed by atoms with Crippen LogP contribution in [0.3, 0.4) is 0 Å². The Kier molecular flexibility index (Phi) is 7.43. The molecule has 0 spiro atoms. The Morgan fingerprint density at radius 2 is 0.868 bits per heavy atom. The fourth-order valence-corrected chi connectivity index (χ4v) is 7.27. The Labute approximate surface area is 306 Å². The molecule has 4 heteroatoms. The van der Waals surface area contributed by atoms with Gasteiger partial charge in [-0.25, -0.2) is 15.0 Å². The summed E-state index contributed by atoms with van der Waals surface area (Å²) in [7, 11) is 0. The van der Waals surface area contributed by atoms with Crippen LogP contribution in [0.4, 0.5) is 0 Å². The predicted molar refractivity (Wildman–Crippen MR) is 217 cm³/mol. The van der Waals surface area contributed by atoms with Gasteiger partial charge in [0.1, 0.15) is 11.2 Å². The third kappa shape index (κ3) is 5.54. The molecular formula is C49H31N3O. The molecule has 0 bridgehead atoms. The van der Waals surface area contributed by atoms with Crippen molar-refractivity contribution >= 4 is 32.8 Å². The van der Waals surface area contributed by atoms with Gasteiger partial charge < -0.3 is 4.42 Å². The fourth-order valence-electron chi connectivity index (χ4n) is 7.27. The van der Waals surface area contributed by atoms with Gasteiger partial charge in [0.15, 0.2) is 5.82 Å². The van der Waals surface area contributed by atoms with Crippen molar-refractivity contribution < 1.29 is 4.42 Å². The highest BCUT2D eigenvalue weighted by molar-refractivity contribution is 6.20. The van der Waals surface area contributed by atoms with Crippen molar-refractivity contribution in [3.05, 3.63) is 188 Å². The van der Waals surface area contributed by atoms with E-state index in [2.05, 4.69) is 146 Å². The number of rotatable bonds is 6. The number of nitrogens with zero attached hydrogens (tertiary/aromatic N) is 3. The van der Waals surface area contributed by atoms with E-state index in [1.54, 1.807) is 0 Å². The fraction of sp³-hybridized carbons (Fsp3) is 0. The molecule has 0 aliphatic carbocycles. The highest BCUT2D eigenvalue weighted by Crippen LogP contribution is 2.42. The smallest absolute Gasteiger partial charge is 0.160 e. The third-order valence-corrected chi connectivity index (χ3v) is 9.92. The number of aromatic nitrogens is 3. The zero-order valence-corrected chi connectivity index (χ0v) is 28.6. The lowest BCUT2D eigenvalue weighted by Crippen LogP contribution is -1.96. The van der Waals surface area contributed by atoms with Crippen LogP contribution in [0.15, 0.2) is 192 Å². The molecule has 248 valence electrons. The third-order valence-electron chi connectivity index (χ3n) is 9.92. The summed E-state index contributed by atoms with van der Waals surface area (Å²) < 4.78 is 6.57. The number of furan rings is 1. The highest BCUT2D eigenvalue weighted by Gasteiger charge is 2.20. The second kappa shape index (κ2) is 12.9. The van der Waals surface area contributed by atoms with Gasteiger partial charge in [0.05, 0.1) is 28.0 Å². The predicted octanol–water partition coefficient (Wildman–Crippen LogP) is 12.9. The molecule has 10 rings (SSSR count). The molecule has 3 heterocycles. The Bertz CT molecular complexity index is 2900. The summed E-state index contributed by atoms with van der Waals surface area (Å²) in [5.74, 6) is 0.691. The normalized spacial score (nSPS) is 11.4. The molecule has 0 fully saturated rings. The van der Waals surface area contributed by atoms with E-state index in [0.717, 1.165) is 83.3 Å². The van der Waals surface area contributed by atoms with Gasteiger partial charge in [-0.05, 0) is 34.9 Å². The molecule has 53 heavy (non-hydrogen) atoms. The maximum Gasteiger partial charge on any atom is 0.160 e. The molecule has 0 radical (unpaired) electrons. The van der Waals surface area contributed by atoms with Crippen LogP contribution < -0.4 is 0 Å². The molecule has 4 nitrogen and oxygen atoms in total. The minimum Gasteiger partial charge on any atom is -0.455 e. The number of hydrogen-bond donors (Lipinski definition) is 0. The van der Waals surface area contributed by atoms with Crippen LogP contribution in [0.1, 0.15) is 0 Å². The number of para-hydroxylation sites is 2. The van der Waals surface area contributed by atoms with Crippen molar-refractivity contribution in [3.8, 4) is 67.4 Å². The average molecular weight is 678 g/mol. The van der Waals surface area contributed by atoms with Crippen LogP contribution in [0.2, 0.25) is 0 Å². The zero-order valence-electron chi connectivity index (χ0n) is 28.6. The molecule has 0 atom stereocenters. The van der Waals surface area contributed by atoms with Crippen molar-refractivity contribution in [3.63, 3.8) is 0 Å². The summed E-state index contributed by atoms with van der Waals surface area (Å²) in [6.07, 6.45) is 0. The molecule has 0 unspecified atom stereocenters. The number of fused-ring (bicyclic) bond motifs is 5. The minimum atomic E-state index is 0.691. The molecule has 0 aliphatic rings. The lowest BCUT2D eigenvalue weighted by molar-refractivity contribution is 0.672. The van der Waals surface area contributed by atoms with E-state index >= 15 is 0 Å². The monoisotopic (exact) mass is 677 g/mol. The summed E-state index contributed by atoms with van der Waals surface area (Å²) >= 11 is 0. The lowest BCUT2D eigenvalue weighted by Gasteiger charge is -2.12. The topological polar surface area (TPSA) is 51.8 Å².